The Bertz CT molecular complexity index is 567. The van der Waals surface area contributed by atoms with Gasteiger partial charge < -0.3 is 4.74 Å². The Kier molecular flexibility index (Phi) is 3.45. The Morgan fingerprint density at radius 3 is 2.63 bits per heavy atom. The largest absolute Gasteiger partial charge is 0.484 e. The predicted octanol–water partition coefficient (Wildman–Crippen LogP) is 3.91. The van der Waals surface area contributed by atoms with Crippen molar-refractivity contribution < 1.29 is 4.74 Å². The van der Waals surface area contributed by atoms with Crippen molar-refractivity contribution in [2.75, 3.05) is 13.6 Å². The van der Waals surface area contributed by atoms with Crippen LogP contribution in [0.2, 0.25) is 5.02 Å². The molecule has 0 spiro atoms. The number of hydrogen-bond donors (Lipinski definition) is 0. The average Bonchev–Trinajstić information content (AvgIpc) is 2.57. The molecule has 0 radical (unpaired) electrons. The van der Waals surface area contributed by atoms with Gasteiger partial charge in [-0.15, -0.1) is 0 Å². The first-order valence-corrected chi connectivity index (χ1v) is 6.79. The molecule has 2 nitrogen and oxygen atoms in total. The standard InChI is InChI=1S/C16H16ClNO/c1-18-10-13-4-2-3-5-15(13)19-16(11-18)12-6-8-14(17)9-7-12/h2-9,16H,10-11H2,1H3. The minimum absolute atomic E-state index is 0.0471. The second-order valence-electron chi connectivity index (χ2n) is 4.96. The van der Waals surface area contributed by atoms with Gasteiger partial charge in [0.15, 0.2) is 0 Å². The van der Waals surface area contributed by atoms with Gasteiger partial charge in [-0.25, -0.2) is 0 Å². The summed E-state index contributed by atoms with van der Waals surface area (Å²) in [6.45, 7) is 1.79. The smallest absolute Gasteiger partial charge is 0.136 e. The Balaban J connectivity index is 1.93. The number of ether oxygens (including phenoxy) is 1. The topological polar surface area (TPSA) is 12.5 Å². The summed E-state index contributed by atoms with van der Waals surface area (Å²) in [6, 6.07) is 16.1. The first-order valence-electron chi connectivity index (χ1n) is 6.41. The van der Waals surface area contributed by atoms with Gasteiger partial charge in [-0.1, -0.05) is 41.9 Å². The van der Waals surface area contributed by atoms with E-state index in [2.05, 4.69) is 24.1 Å². The molecule has 0 bridgehead atoms. The van der Waals surface area contributed by atoms with Gasteiger partial charge in [-0.3, -0.25) is 4.90 Å². The maximum atomic E-state index is 6.17. The van der Waals surface area contributed by atoms with E-state index < -0.39 is 0 Å². The van der Waals surface area contributed by atoms with Crippen LogP contribution in [-0.2, 0) is 6.54 Å². The Labute approximate surface area is 118 Å². The molecule has 3 heteroatoms. The lowest BCUT2D eigenvalue weighted by Crippen LogP contribution is -2.24. The second kappa shape index (κ2) is 5.24. The molecule has 98 valence electrons. The molecule has 0 saturated carbocycles. The summed E-state index contributed by atoms with van der Waals surface area (Å²) in [5.41, 5.74) is 2.40. The van der Waals surface area contributed by atoms with Crippen LogP contribution in [0.15, 0.2) is 48.5 Å². The zero-order valence-electron chi connectivity index (χ0n) is 10.8. The van der Waals surface area contributed by atoms with Crippen LogP contribution in [0, 0.1) is 0 Å². The van der Waals surface area contributed by atoms with Crippen LogP contribution < -0.4 is 4.74 Å². The first-order chi connectivity index (χ1) is 9.22. The molecule has 19 heavy (non-hydrogen) atoms. The molecule has 3 rings (SSSR count). The van der Waals surface area contributed by atoms with Crippen LogP contribution in [0.1, 0.15) is 17.2 Å². The van der Waals surface area contributed by atoms with Crippen molar-refractivity contribution in [1.82, 2.24) is 4.90 Å². The molecule has 0 fully saturated rings. The van der Waals surface area contributed by atoms with Crippen LogP contribution in [0.3, 0.4) is 0 Å². The molecule has 1 unspecified atom stereocenters. The summed E-state index contributed by atoms with van der Waals surface area (Å²) in [5, 5.41) is 0.756. The molecule has 1 atom stereocenters. The van der Waals surface area contributed by atoms with Crippen molar-refractivity contribution in [1.29, 1.82) is 0 Å². The molecule has 0 aliphatic carbocycles. The van der Waals surface area contributed by atoms with Crippen LogP contribution in [-0.4, -0.2) is 18.5 Å². The average molecular weight is 274 g/mol. The molecular formula is C16H16ClNO. The SMILES string of the molecule is CN1Cc2ccccc2OC(c2ccc(Cl)cc2)C1. The maximum absolute atomic E-state index is 6.17. The molecule has 0 aromatic heterocycles. The van der Waals surface area contributed by atoms with Crippen LogP contribution in [0.4, 0.5) is 0 Å². The van der Waals surface area contributed by atoms with E-state index in [4.69, 9.17) is 16.3 Å². The quantitative estimate of drug-likeness (QED) is 0.781. The van der Waals surface area contributed by atoms with Gasteiger partial charge in [0, 0.05) is 23.7 Å². The van der Waals surface area contributed by atoms with Gasteiger partial charge >= 0.3 is 0 Å². The molecule has 1 aliphatic rings. The predicted molar refractivity (Wildman–Crippen MR) is 77.6 cm³/mol. The molecule has 2 aromatic carbocycles. The number of hydrogen-bond acceptors (Lipinski definition) is 2. The molecule has 1 aliphatic heterocycles. The maximum Gasteiger partial charge on any atom is 0.136 e. The van der Waals surface area contributed by atoms with Gasteiger partial charge in [0.05, 0.1) is 0 Å². The van der Waals surface area contributed by atoms with Crippen molar-refractivity contribution in [3.63, 3.8) is 0 Å². The van der Waals surface area contributed by atoms with Crippen LogP contribution >= 0.6 is 11.6 Å². The number of para-hydroxylation sites is 1. The third kappa shape index (κ3) is 2.75. The fourth-order valence-electron chi connectivity index (χ4n) is 2.43. The molecule has 0 N–H and O–H groups in total. The summed E-state index contributed by atoms with van der Waals surface area (Å²) < 4.78 is 6.17. The van der Waals surface area contributed by atoms with Crippen molar-refractivity contribution in [3.05, 3.63) is 64.7 Å². The molecule has 1 heterocycles. The zero-order chi connectivity index (χ0) is 13.2. The monoisotopic (exact) mass is 273 g/mol. The fraction of sp³-hybridized carbons (Fsp3) is 0.250. The minimum Gasteiger partial charge on any atom is -0.484 e. The van der Waals surface area contributed by atoms with Gasteiger partial charge in [0.1, 0.15) is 11.9 Å². The van der Waals surface area contributed by atoms with Crippen molar-refractivity contribution in [3.8, 4) is 5.75 Å². The Hall–Kier alpha value is -1.51. The lowest BCUT2D eigenvalue weighted by atomic mass is 10.1. The number of rotatable bonds is 1. The Morgan fingerprint density at radius 2 is 1.84 bits per heavy atom. The first kappa shape index (κ1) is 12.5. The summed E-state index contributed by atoms with van der Waals surface area (Å²) in [7, 11) is 2.12. The van der Waals surface area contributed by atoms with Crippen LogP contribution in [0.25, 0.3) is 0 Å². The minimum atomic E-state index is 0.0471. The van der Waals surface area contributed by atoms with Crippen molar-refractivity contribution in [2.45, 2.75) is 12.6 Å². The van der Waals surface area contributed by atoms with E-state index >= 15 is 0 Å². The van der Waals surface area contributed by atoms with Crippen molar-refractivity contribution >= 4 is 11.6 Å². The van der Waals surface area contributed by atoms with Crippen molar-refractivity contribution in [2.24, 2.45) is 0 Å². The molecular weight excluding hydrogens is 258 g/mol. The summed E-state index contributed by atoms with van der Waals surface area (Å²) in [5.74, 6) is 0.979. The van der Waals surface area contributed by atoms with E-state index in [1.807, 2.05) is 36.4 Å². The number of nitrogens with zero attached hydrogens (tertiary/aromatic N) is 1. The summed E-state index contributed by atoms with van der Waals surface area (Å²) in [6.07, 6.45) is 0.0471. The van der Waals surface area contributed by atoms with Gasteiger partial charge in [0.25, 0.3) is 0 Å². The number of halogens is 1. The van der Waals surface area contributed by atoms with E-state index in [0.717, 1.165) is 29.4 Å². The number of fused-ring (bicyclic) bond motifs is 1. The van der Waals surface area contributed by atoms with E-state index in [1.165, 1.54) is 5.56 Å². The zero-order valence-corrected chi connectivity index (χ0v) is 11.6. The highest BCUT2D eigenvalue weighted by atomic mass is 35.5. The van der Waals surface area contributed by atoms with Crippen LogP contribution in [0.5, 0.6) is 5.75 Å². The second-order valence-corrected chi connectivity index (χ2v) is 5.40. The van der Waals surface area contributed by atoms with Gasteiger partial charge in [-0.05, 0) is 30.8 Å². The van der Waals surface area contributed by atoms with Gasteiger partial charge in [-0.2, -0.15) is 0 Å². The van der Waals surface area contributed by atoms with E-state index in [0.29, 0.717) is 0 Å². The normalized spacial score (nSPS) is 19.4. The Morgan fingerprint density at radius 1 is 1.11 bits per heavy atom. The lowest BCUT2D eigenvalue weighted by molar-refractivity contribution is 0.165. The van der Waals surface area contributed by atoms with E-state index in [1.54, 1.807) is 0 Å². The summed E-state index contributed by atoms with van der Waals surface area (Å²) >= 11 is 5.94. The lowest BCUT2D eigenvalue weighted by Gasteiger charge is -2.20. The number of likely N-dealkylation sites (N-methyl/N-ethyl adjacent to an activating group) is 1. The third-order valence-electron chi connectivity index (χ3n) is 3.40. The van der Waals surface area contributed by atoms with Gasteiger partial charge in [0.2, 0.25) is 0 Å². The highest BCUT2D eigenvalue weighted by Crippen LogP contribution is 2.30. The highest BCUT2D eigenvalue weighted by Gasteiger charge is 2.21. The highest BCUT2D eigenvalue weighted by molar-refractivity contribution is 6.30. The third-order valence-corrected chi connectivity index (χ3v) is 3.65. The van der Waals surface area contributed by atoms with E-state index in [9.17, 15) is 0 Å². The molecule has 0 saturated heterocycles. The number of benzene rings is 2. The molecule has 2 aromatic rings. The fourth-order valence-corrected chi connectivity index (χ4v) is 2.56. The molecule has 0 amide bonds. The summed E-state index contributed by atoms with van der Waals surface area (Å²) in [4.78, 5) is 2.28. The van der Waals surface area contributed by atoms with E-state index in [-0.39, 0.29) is 6.10 Å².